The summed E-state index contributed by atoms with van der Waals surface area (Å²) in [5.41, 5.74) is 0.876. The van der Waals surface area contributed by atoms with Crippen molar-refractivity contribution >= 4 is 27.5 Å². The third-order valence-electron chi connectivity index (χ3n) is 1.91. The molecule has 68 valence electrons. The molecular formula is C8H8N2O2S. The topological polar surface area (TPSA) is 55.1 Å². The van der Waals surface area contributed by atoms with Crippen LogP contribution in [0, 0.1) is 6.92 Å². The van der Waals surface area contributed by atoms with Crippen LogP contribution in [0.2, 0.25) is 0 Å². The number of hydrogen-bond acceptors (Lipinski definition) is 3. The molecule has 0 saturated carbocycles. The van der Waals surface area contributed by atoms with Crippen LogP contribution in [0.1, 0.15) is 15.4 Å². The van der Waals surface area contributed by atoms with Crippen LogP contribution in [0.5, 0.6) is 0 Å². The van der Waals surface area contributed by atoms with E-state index in [9.17, 15) is 4.79 Å². The van der Waals surface area contributed by atoms with Crippen LogP contribution >= 0.6 is 11.3 Å². The van der Waals surface area contributed by atoms with Crippen LogP contribution in [0.15, 0.2) is 6.07 Å². The van der Waals surface area contributed by atoms with Crippen LogP contribution in [-0.4, -0.2) is 20.9 Å². The number of nitrogens with zero attached hydrogens (tertiary/aromatic N) is 2. The van der Waals surface area contributed by atoms with E-state index >= 15 is 0 Å². The molecule has 0 amide bonds. The molecule has 2 aromatic rings. The van der Waals surface area contributed by atoms with E-state index in [-0.39, 0.29) is 0 Å². The molecule has 2 rings (SSSR count). The first-order valence-corrected chi connectivity index (χ1v) is 4.57. The van der Waals surface area contributed by atoms with Crippen molar-refractivity contribution in [2.45, 2.75) is 6.92 Å². The molecule has 2 heterocycles. The molecule has 4 nitrogen and oxygen atoms in total. The number of rotatable bonds is 1. The van der Waals surface area contributed by atoms with Crippen LogP contribution in [0.25, 0.3) is 10.2 Å². The Morgan fingerprint density at radius 1 is 1.69 bits per heavy atom. The molecule has 0 unspecified atom stereocenters. The van der Waals surface area contributed by atoms with Gasteiger partial charge in [-0.25, -0.2) is 4.79 Å². The number of carboxylic acid groups (broad SMARTS) is 1. The first-order valence-electron chi connectivity index (χ1n) is 3.76. The molecule has 0 aliphatic rings. The van der Waals surface area contributed by atoms with Gasteiger partial charge in [0.25, 0.3) is 0 Å². The summed E-state index contributed by atoms with van der Waals surface area (Å²) in [4.78, 5) is 12.0. The number of carboxylic acids is 1. The first-order chi connectivity index (χ1) is 6.09. The summed E-state index contributed by atoms with van der Waals surface area (Å²) in [7, 11) is 1.82. The predicted octanol–water partition coefficient (Wildman–Crippen LogP) is 1.64. The summed E-state index contributed by atoms with van der Waals surface area (Å²) < 4.78 is 1.71. The number of aromatic carboxylic acids is 1. The third-order valence-corrected chi connectivity index (χ3v) is 3.10. The van der Waals surface area contributed by atoms with Gasteiger partial charge in [0.1, 0.15) is 9.71 Å². The molecule has 0 atom stereocenters. The van der Waals surface area contributed by atoms with E-state index < -0.39 is 5.97 Å². The predicted molar refractivity (Wildman–Crippen MR) is 50.3 cm³/mol. The van der Waals surface area contributed by atoms with E-state index in [1.165, 1.54) is 11.3 Å². The summed E-state index contributed by atoms with van der Waals surface area (Å²) >= 11 is 1.25. The molecule has 0 aromatic carbocycles. The fraction of sp³-hybridized carbons (Fsp3) is 0.250. The maximum Gasteiger partial charge on any atom is 0.345 e. The van der Waals surface area contributed by atoms with Gasteiger partial charge in [0.05, 0.1) is 5.69 Å². The standard InChI is InChI=1S/C8H8N2O2S/c1-4-5-3-6(8(11)12)13-7(5)10(2)9-4/h3H,1-2H3,(H,11,12). The molecule has 0 aliphatic carbocycles. The lowest BCUT2D eigenvalue weighted by Gasteiger charge is -1.87. The number of thiophene rings is 1. The Bertz CT molecular complexity index is 449. The van der Waals surface area contributed by atoms with E-state index in [1.54, 1.807) is 10.7 Å². The highest BCUT2D eigenvalue weighted by atomic mass is 32.1. The quantitative estimate of drug-likeness (QED) is 0.754. The van der Waals surface area contributed by atoms with Gasteiger partial charge in [-0.3, -0.25) is 4.68 Å². The third kappa shape index (κ3) is 1.12. The second kappa shape index (κ2) is 2.56. The maximum atomic E-state index is 10.7. The zero-order chi connectivity index (χ0) is 9.59. The molecule has 0 saturated heterocycles. The van der Waals surface area contributed by atoms with E-state index in [4.69, 9.17) is 5.11 Å². The molecular weight excluding hydrogens is 188 g/mol. The Balaban J connectivity index is 2.76. The zero-order valence-corrected chi connectivity index (χ0v) is 8.05. The van der Waals surface area contributed by atoms with Crippen molar-refractivity contribution in [3.05, 3.63) is 16.6 Å². The minimum absolute atomic E-state index is 0.367. The van der Waals surface area contributed by atoms with Crippen LogP contribution in [0.3, 0.4) is 0 Å². The van der Waals surface area contributed by atoms with Crippen LogP contribution in [-0.2, 0) is 7.05 Å². The van der Waals surface area contributed by atoms with E-state index in [0.717, 1.165) is 15.9 Å². The summed E-state index contributed by atoms with van der Waals surface area (Å²) in [6.45, 7) is 1.88. The summed E-state index contributed by atoms with van der Waals surface area (Å²) in [6, 6.07) is 1.67. The van der Waals surface area contributed by atoms with Crippen molar-refractivity contribution in [2.75, 3.05) is 0 Å². The largest absolute Gasteiger partial charge is 0.477 e. The van der Waals surface area contributed by atoms with Gasteiger partial charge < -0.3 is 5.11 Å². The van der Waals surface area contributed by atoms with Crippen LogP contribution < -0.4 is 0 Å². The Hall–Kier alpha value is -1.36. The molecule has 2 aromatic heterocycles. The molecule has 0 radical (unpaired) electrons. The summed E-state index contributed by atoms with van der Waals surface area (Å²) in [5, 5.41) is 13.9. The highest BCUT2D eigenvalue weighted by Crippen LogP contribution is 2.27. The van der Waals surface area contributed by atoms with Crippen molar-refractivity contribution in [3.8, 4) is 0 Å². The van der Waals surface area contributed by atoms with Gasteiger partial charge in [0.15, 0.2) is 0 Å². The average molecular weight is 196 g/mol. The highest BCUT2D eigenvalue weighted by Gasteiger charge is 2.13. The second-order valence-electron chi connectivity index (χ2n) is 2.84. The van der Waals surface area contributed by atoms with E-state index in [2.05, 4.69) is 5.10 Å². The average Bonchev–Trinajstić information content (AvgIpc) is 2.55. The highest BCUT2D eigenvalue weighted by molar-refractivity contribution is 7.20. The number of aromatic nitrogens is 2. The van der Waals surface area contributed by atoms with Crippen molar-refractivity contribution in [1.29, 1.82) is 0 Å². The van der Waals surface area contributed by atoms with Crippen LogP contribution in [0.4, 0.5) is 0 Å². The van der Waals surface area contributed by atoms with Gasteiger partial charge in [-0.05, 0) is 13.0 Å². The molecule has 13 heavy (non-hydrogen) atoms. The summed E-state index contributed by atoms with van der Waals surface area (Å²) in [6.07, 6.45) is 0. The van der Waals surface area contributed by atoms with Gasteiger partial charge in [0.2, 0.25) is 0 Å². The van der Waals surface area contributed by atoms with Crippen molar-refractivity contribution in [1.82, 2.24) is 9.78 Å². The second-order valence-corrected chi connectivity index (χ2v) is 3.87. The smallest absolute Gasteiger partial charge is 0.345 e. The van der Waals surface area contributed by atoms with Gasteiger partial charge in [0, 0.05) is 12.4 Å². The van der Waals surface area contributed by atoms with Crippen molar-refractivity contribution in [3.63, 3.8) is 0 Å². The Morgan fingerprint density at radius 2 is 2.38 bits per heavy atom. The monoisotopic (exact) mass is 196 g/mol. The SMILES string of the molecule is Cc1nn(C)c2sc(C(=O)O)cc12. The number of hydrogen-bond donors (Lipinski definition) is 1. The minimum Gasteiger partial charge on any atom is -0.477 e. The number of aryl methyl sites for hydroxylation is 2. The van der Waals surface area contributed by atoms with Gasteiger partial charge in [-0.2, -0.15) is 5.10 Å². The molecule has 5 heteroatoms. The lowest BCUT2D eigenvalue weighted by atomic mass is 10.3. The molecule has 0 bridgehead atoms. The molecule has 1 N–H and O–H groups in total. The Morgan fingerprint density at radius 3 is 2.92 bits per heavy atom. The van der Waals surface area contributed by atoms with Gasteiger partial charge >= 0.3 is 5.97 Å². The van der Waals surface area contributed by atoms with E-state index in [1.807, 2.05) is 14.0 Å². The van der Waals surface area contributed by atoms with E-state index in [0.29, 0.717) is 4.88 Å². The van der Waals surface area contributed by atoms with Gasteiger partial charge in [-0.1, -0.05) is 0 Å². The Kier molecular flexibility index (Phi) is 1.63. The number of fused-ring (bicyclic) bond motifs is 1. The lowest BCUT2D eigenvalue weighted by Crippen LogP contribution is -1.91. The van der Waals surface area contributed by atoms with Crippen molar-refractivity contribution < 1.29 is 9.90 Å². The molecule has 0 aliphatic heterocycles. The fourth-order valence-electron chi connectivity index (χ4n) is 1.31. The van der Waals surface area contributed by atoms with Gasteiger partial charge in [-0.15, -0.1) is 11.3 Å². The zero-order valence-electron chi connectivity index (χ0n) is 7.24. The molecule has 0 spiro atoms. The number of carbonyl (C=O) groups is 1. The summed E-state index contributed by atoms with van der Waals surface area (Å²) in [5.74, 6) is -0.874. The van der Waals surface area contributed by atoms with Crippen molar-refractivity contribution in [2.24, 2.45) is 7.05 Å². The normalized spacial score (nSPS) is 10.9. The Labute approximate surface area is 78.4 Å². The molecule has 0 fully saturated rings. The minimum atomic E-state index is -0.874. The maximum absolute atomic E-state index is 10.7. The first kappa shape index (κ1) is 8.25. The fourth-order valence-corrected chi connectivity index (χ4v) is 2.27. The lowest BCUT2D eigenvalue weighted by molar-refractivity contribution is 0.0702.